The van der Waals surface area contributed by atoms with Crippen LogP contribution in [0.5, 0.6) is 0 Å². The molecule has 0 aliphatic rings. The molecule has 0 aromatic rings. The van der Waals surface area contributed by atoms with Crippen molar-refractivity contribution in [3.63, 3.8) is 0 Å². The maximum absolute atomic E-state index is 10.9. The predicted molar refractivity (Wildman–Crippen MR) is 87.8 cm³/mol. The molecule has 0 rings (SSSR count). The highest BCUT2D eigenvalue weighted by molar-refractivity contribution is 5.75. The highest BCUT2D eigenvalue weighted by Gasteiger charge is 2.28. The van der Waals surface area contributed by atoms with Crippen molar-refractivity contribution >= 4 is 23.3 Å². The number of unbranched alkanes of at least 4 members (excludes halogenated alkanes) is 3. The fourth-order valence-corrected chi connectivity index (χ4v) is 2.78. The highest BCUT2D eigenvalue weighted by Crippen LogP contribution is 2.40. The number of aliphatic carboxylic acids is 1. The standard InChI is InChI=1S/C16H32O2.Al.3H/c1-4-7-11-16(12-8-5-2,13-9-6-3)14-10-15(17)18;;;;/h4-14H2,1-3H3,(H,17,18);;;;. The third-order valence-electron chi connectivity index (χ3n) is 4.05. The molecule has 114 valence electrons. The van der Waals surface area contributed by atoms with Gasteiger partial charge in [-0.05, 0) is 31.1 Å². The maximum Gasteiger partial charge on any atom is 0.303 e. The average Bonchev–Trinajstić information content (AvgIpc) is 2.37. The first-order valence-corrected chi connectivity index (χ1v) is 7.82. The molecule has 0 heterocycles. The van der Waals surface area contributed by atoms with Gasteiger partial charge in [-0.25, -0.2) is 0 Å². The first-order chi connectivity index (χ1) is 8.60. The zero-order chi connectivity index (χ0) is 13.9. The maximum atomic E-state index is 10.9. The number of carbonyl (C=O) groups is 1. The number of carboxylic acid groups (broad SMARTS) is 1. The van der Waals surface area contributed by atoms with Crippen LogP contribution in [0, 0.1) is 5.41 Å². The molecule has 0 unspecified atom stereocenters. The lowest BCUT2D eigenvalue weighted by molar-refractivity contribution is -0.137. The molecule has 3 heteroatoms. The van der Waals surface area contributed by atoms with E-state index in [1.54, 1.807) is 0 Å². The normalized spacial score (nSPS) is 11.1. The highest BCUT2D eigenvalue weighted by atomic mass is 27.0. The Balaban J connectivity index is 0. The van der Waals surface area contributed by atoms with Crippen LogP contribution in [0.2, 0.25) is 0 Å². The van der Waals surface area contributed by atoms with E-state index in [4.69, 9.17) is 5.11 Å². The molecule has 0 amide bonds. The molecule has 0 radical (unpaired) electrons. The van der Waals surface area contributed by atoms with Gasteiger partial charge in [-0.2, -0.15) is 0 Å². The molecular weight excluding hydrogens is 251 g/mol. The molecule has 0 aliphatic carbocycles. The molecule has 1 N–H and O–H groups in total. The van der Waals surface area contributed by atoms with Gasteiger partial charge in [0, 0.05) is 6.42 Å². The largest absolute Gasteiger partial charge is 0.481 e. The summed E-state index contributed by atoms with van der Waals surface area (Å²) in [5.74, 6) is -0.635. The topological polar surface area (TPSA) is 37.3 Å². The van der Waals surface area contributed by atoms with E-state index in [0.717, 1.165) is 6.42 Å². The van der Waals surface area contributed by atoms with E-state index in [9.17, 15) is 4.79 Å². The Morgan fingerprint density at radius 3 is 1.47 bits per heavy atom. The minimum Gasteiger partial charge on any atom is -0.481 e. The lowest BCUT2D eigenvalue weighted by Crippen LogP contribution is -2.22. The van der Waals surface area contributed by atoms with Gasteiger partial charge in [-0.1, -0.05) is 59.3 Å². The molecule has 0 spiro atoms. The monoisotopic (exact) mass is 286 g/mol. The summed E-state index contributed by atoms with van der Waals surface area (Å²) >= 11 is 0. The number of hydrogen-bond acceptors (Lipinski definition) is 1. The van der Waals surface area contributed by atoms with E-state index in [1.165, 1.54) is 57.8 Å². The molecule has 0 aliphatic heterocycles. The number of carboxylic acids is 1. The van der Waals surface area contributed by atoms with Crippen molar-refractivity contribution in [2.24, 2.45) is 5.41 Å². The average molecular weight is 286 g/mol. The van der Waals surface area contributed by atoms with Crippen LogP contribution in [0.25, 0.3) is 0 Å². The molecule has 0 aromatic heterocycles. The van der Waals surface area contributed by atoms with Crippen LogP contribution in [-0.4, -0.2) is 28.4 Å². The Labute approximate surface area is 130 Å². The van der Waals surface area contributed by atoms with Gasteiger partial charge in [0.1, 0.15) is 0 Å². The number of rotatable bonds is 12. The van der Waals surface area contributed by atoms with Gasteiger partial charge in [-0.3, -0.25) is 4.79 Å². The van der Waals surface area contributed by atoms with Gasteiger partial charge in [-0.15, -0.1) is 0 Å². The van der Waals surface area contributed by atoms with Crippen molar-refractivity contribution < 1.29 is 9.90 Å². The molecule has 0 aromatic carbocycles. The third-order valence-corrected chi connectivity index (χ3v) is 4.05. The van der Waals surface area contributed by atoms with E-state index in [-0.39, 0.29) is 17.4 Å². The summed E-state index contributed by atoms with van der Waals surface area (Å²) in [4.78, 5) is 10.9. The second-order valence-corrected chi connectivity index (χ2v) is 5.70. The smallest absolute Gasteiger partial charge is 0.303 e. The second kappa shape index (κ2) is 13.0. The van der Waals surface area contributed by atoms with Crippen LogP contribution in [0.15, 0.2) is 0 Å². The van der Waals surface area contributed by atoms with Crippen molar-refractivity contribution in [2.75, 3.05) is 0 Å². The summed E-state index contributed by atoms with van der Waals surface area (Å²) in [6, 6.07) is 0. The molecule has 2 nitrogen and oxygen atoms in total. The quantitative estimate of drug-likeness (QED) is 0.545. The van der Waals surface area contributed by atoms with Gasteiger partial charge in [0.2, 0.25) is 0 Å². The first-order valence-electron chi connectivity index (χ1n) is 7.82. The summed E-state index contributed by atoms with van der Waals surface area (Å²) in [6.07, 6.45) is 12.3. The van der Waals surface area contributed by atoms with Crippen molar-refractivity contribution in [3.05, 3.63) is 0 Å². The zero-order valence-electron chi connectivity index (χ0n) is 12.6. The van der Waals surface area contributed by atoms with Crippen LogP contribution in [0.3, 0.4) is 0 Å². The van der Waals surface area contributed by atoms with Gasteiger partial charge in [0.05, 0.1) is 0 Å². The second-order valence-electron chi connectivity index (χ2n) is 5.70. The minimum atomic E-state index is -0.635. The van der Waals surface area contributed by atoms with Crippen molar-refractivity contribution in [2.45, 2.75) is 91.4 Å². The van der Waals surface area contributed by atoms with Crippen LogP contribution < -0.4 is 0 Å². The Kier molecular flexibility index (Phi) is 14.6. The molecule has 0 fully saturated rings. The van der Waals surface area contributed by atoms with E-state index < -0.39 is 5.97 Å². The van der Waals surface area contributed by atoms with E-state index in [2.05, 4.69) is 20.8 Å². The van der Waals surface area contributed by atoms with Crippen LogP contribution >= 0.6 is 0 Å². The summed E-state index contributed by atoms with van der Waals surface area (Å²) < 4.78 is 0. The predicted octanol–water partition coefficient (Wildman–Crippen LogP) is 4.22. The number of hydrogen-bond donors (Lipinski definition) is 1. The summed E-state index contributed by atoms with van der Waals surface area (Å²) in [5.41, 5.74) is 0.306. The van der Waals surface area contributed by atoms with Crippen LogP contribution in [-0.2, 0) is 4.79 Å². The lowest BCUT2D eigenvalue weighted by Gasteiger charge is -2.34. The van der Waals surface area contributed by atoms with Crippen LogP contribution in [0.1, 0.15) is 91.4 Å². The van der Waals surface area contributed by atoms with Crippen molar-refractivity contribution in [1.29, 1.82) is 0 Å². The fourth-order valence-electron chi connectivity index (χ4n) is 2.78. The summed E-state index contributed by atoms with van der Waals surface area (Å²) in [5, 5.41) is 8.95. The van der Waals surface area contributed by atoms with Crippen LogP contribution in [0.4, 0.5) is 0 Å². The van der Waals surface area contributed by atoms with E-state index in [1.807, 2.05) is 0 Å². The Hall–Kier alpha value is 0.00247. The lowest BCUT2D eigenvalue weighted by atomic mass is 9.71. The Morgan fingerprint density at radius 1 is 0.842 bits per heavy atom. The third kappa shape index (κ3) is 10.5. The minimum absolute atomic E-state index is 0. The van der Waals surface area contributed by atoms with E-state index >= 15 is 0 Å². The Bertz CT molecular complexity index is 195. The van der Waals surface area contributed by atoms with Gasteiger partial charge in [0.15, 0.2) is 17.4 Å². The fraction of sp³-hybridized carbons (Fsp3) is 0.938. The van der Waals surface area contributed by atoms with E-state index in [0.29, 0.717) is 11.8 Å². The molecule has 19 heavy (non-hydrogen) atoms. The Morgan fingerprint density at radius 2 is 1.21 bits per heavy atom. The zero-order valence-corrected chi connectivity index (χ0v) is 12.6. The molecule has 0 saturated heterocycles. The molecule has 0 bridgehead atoms. The molecule has 0 atom stereocenters. The summed E-state index contributed by atoms with van der Waals surface area (Å²) in [6.45, 7) is 6.67. The SMILES string of the molecule is CCCCC(CCCC)(CCCC)CCC(=O)O.[AlH3]. The van der Waals surface area contributed by atoms with Crippen molar-refractivity contribution in [1.82, 2.24) is 0 Å². The van der Waals surface area contributed by atoms with Gasteiger partial charge < -0.3 is 5.11 Å². The summed E-state index contributed by atoms with van der Waals surface area (Å²) in [7, 11) is 0. The first kappa shape index (κ1) is 21.3. The molecular formula is C16H35AlO2. The molecule has 0 saturated carbocycles. The van der Waals surface area contributed by atoms with Gasteiger partial charge >= 0.3 is 5.97 Å². The van der Waals surface area contributed by atoms with Crippen molar-refractivity contribution in [3.8, 4) is 0 Å². The van der Waals surface area contributed by atoms with Gasteiger partial charge in [0.25, 0.3) is 0 Å².